The SMILES string of the molecule is CCc1ccsc1C(=O)N1CCC(c2nncn2C)CC1. The predicted octanol–water partition coefficient (Wildman–Crippen LogP) is 2.46. The first-order valence-electron chi connectivity index (χ1n) is 7.40. The predicted molar refractivity (Wildman–Crippen MR) is 82.6 cm³/mol. The molecule has 3 heterocycles. The van der Waals surface area contributed by atoms with Crippen molar-refractivity contribution >= 4 is 17.2 Å². The third-order valence-corrected chi connectivity index (χ3v) is 5.16. The quantitative estimate of drug-likeness (QED) is 0.875. The highest BCUT2D eigenvalue weighted by atomic mass is 32.1. The van der Waals surface area contributed by atoms with Gasteiger partial charge in [0.05, 0.1) is 4.88 Å². The van der Waals surface area contributed by atoms with Gasteiger partial charge in [0.1, 0.15) is 12.2 Å². The molecule has 0 spiro atoms. The third-order valence-electron chi connectivity index (χ3n) is 4.22. The van der Waals surface area contributed by atoms with E-state index < -0.39 is 0 Å². The molecule has 1 fully saturated rings. The summed E-state index contributed by atoms with van der Waals surface area (Å²) in [7, 11) is 1.98. The van der Waals surface area contributed by atoms with Gasteiger partial charge in [-0.25, -0.2) is 0 Å². The molecule has 0 radical (unpaired) electrons. The molecule has 6 heteroatoms. The van der Waals surface area contributed by atoms with E-state index in [4.69, 9.17) is 0 Å². The zero-order valence-corrected chi connectivity index (χ0v) is 13.3. The summed E-state index contributed by atoms with van der Waals surface area (Å²) < 4.78 is 1.98. The molecule has 2 aromatic rings. The Hall–Kier alpha value is -1.69. The van der Waals surface area contributed by atoms with Crippen molar-refractivity contribution < 1.29 is 4.79 Å². The van der Waals surface area contributed by atoms with Gasteiger partial charge in [-0.1, -0.05) is 6.92 Å². The maximum absolute atomic E-state index is 12.6. The third kappa shape index (κ3) is 2.72. The van der Waals surface area contributed by atoms with E-state index in [1.54, 1.807) is 17.7 Å². The number of piperidine rings is 1. The van der Waals surface area contributed by atoms with Crippen LogP contribution in [-0.2, 0) is 13.5 Å². The smallest absolute Gasteiger partial charge is 0.264 e. The van der Waals surface area contributed by atoms with Gasteiger partial charge in [0, 0.05) is 26.1 Å². The second kappa shape index (κ2) is 5.97. The van der Waals surface area contributed by atoms with E-state index >= 15 is 0 Å². The second-order valence-electron chi connectivity index (χ2n) is 5.50. The molecular weight excluding hydrogens is 284 g/mol. The number of hydrogen-bond acceptors (Lipinski definition) is 4. The van der Waals surface area contributed by atoms with Gasteiger partial charge in [0.15, 0.2) is 0 Å². The summed E-state index contributed by atoms with van der Waals surface area (Å²) in [5, 5.41) is 10.2. The number of carbonyl (C=O) groups is 1. The number of likely N-dealkylation sites (tertiary alicyclic amines) is 1. The molecular formula is C15H20N4OS. The van der Waals surface area contributed by atoms with Crippen molar-refractivity contribution in [2.45, 2.75) is 32.1 Å². The highest BCUT2D eigenvalue weighted by Gasteiger charge is 2.28. The standard InChI is InChI=1S/C15H20N4OS/c1-3-11-6-9-21-13(11)15(20)19-7-4-12(5-8-19)14-17-16-10-18(14)2/h6,9-10,12H,3-5,7-8H2,1-2H3. The number of aromatic nitrogens is 3. The molecule has 0 unspecified atom stereocenters. The van der Waals surface area contributed by atoms with Crippen LogP contribution in [0.5, 0.6) is 0 Å². The van der Waals surface area contributed by atoms with Crippen LogP contribution in [0.15, 0.2) is 17.8 Å². The maximum Gasteiger partial charge on any atom is 0.264 e. The van der Waals surface area contributed by atoms with Crippen molar-refractivity contribution in [1.29, 1.82) is 0 Å². The summed E-state index contributed by atoms with van der Waals surface area (Å²) in [5.41, 5.74) is 1.17. The van der Waals surface area contributed by atoms with Gasteiger partial charge in [-0.2, -0.15) is 0 Å². The number of carbonyl (C=O) groups excluding carboxylic acids is 1. The van der Waals surface area contributed by atoms with Crippen LogP contribution in [0.3, 0.4) is 0 Å². The van der Waals surface area contributed by atoms with Crippen LogP contribution in [0.1, 0.15) is 46.7 Å². The first-order valence-corrected chi connectivity index (χ1v) is 8.28. The molecule has 112 valence electrons. The molecule has 1 aliphatic rings. The van der Waals surface area contributed by atoms with E-state index in [9.17, 15) is 4.79 Å². The van der Waals surface area contributed by atoms with Crippen molar-refractivity contribution in [3.05, 3.63) is 34.0 Å². The molecule has 21 heavy (non-hydrogen) atoms. The minimum absolute atomic E-state index is 0.193. The first-order chi connectivity index (χ1) is 10.2. The average Bonchev–Trinajstić information content (AvgIpc) is 3.15. The fraction of sp³-hybridized carbons (Fsp3) is 0.533. The topological polar surface area (TPSA) is 51.0 Å². The summed E-state index contributed by atoms with van der Waals surface area (Å²) in [6.45, 7) is 3.70. The van der Waals surface area contributed by atoms with E-state index in [-0.39, 0.29) is 5.91 Å². The number of rotatable bonds is 3. The van der Waals surface area contributed by atoms with E-state index in [1.807, 2.05) is 21.9 Å². The molecule has 1 amide bonds. The van der Waals surface area contributed by atoms with Crippen LogP contribution in [0.2, 0.25) is 0 Å². The van der Waals surface area contributed by atoms with E-state index in [1.165, 1.54) is 5.56 Å². The molecule has 2 aromatic heterocycles. The Morgan fingerprint density at radius 3 is 2.81 bits per heavy atom. The fourth-order valence-electron chi connectivity index (χ4n) is 2.95. The minimum atomic E-state index is 0.193. The van der Waals surface area contributed by atoms with Crippen molar-refractivity contribution in [2.24, 2.45) is 7.05 Å². The largest absolute Gasteiger partial charge is 0.338 e. The lowest BCUT2D eigenvalue weighted by molar-refractivity contribution is 0.0714. The van der Waals surface area contributed by atoms with E-state index in [0.29, 0.717) is 5.92 Å². The lowest BCUT2D eigenvalue weighted by atomic mass is 9.95. The summed E-state index contributed by atoms with van der Waals surface area (Å²) in [4.78, 5) is 15.5. The van der Waals surface area contributed by atoms with Gasteiger partial charge in [-0.3, -0.25) is 4.79 Å². The summed E-state index contributed by atoms with van der Waals surface area (Å²) in [6.07, 6.45) is 4.59. The molecule has 5 nitrogen and oxygen atoms in total. The monoisotopic (exact) mass is 304 g/mol. The van der Waals surface area contributed by atoms with Gasteiger partial charge in [0.2, 0.25) is 0 Å². The van der Waals surface area contributed by atoms with Gasteiger partial charge < -0.3 is 9.47 Å². The van der Waals surface area contributed by atoms with Gasteiger partial charge in [-0.05, 0) is 36.3 Å². The van der Waals surface area contributed by atoms with Crippen molar-refractivity contribution in [3.63, 3.8) is 0 Å². The van der Waals surface area contributed by atoms with Crippen LogP contribution in [0, 0.1) is 0 Å². The Morgan fingerprint density at radius 2 is 2.19 bits per heavy atom. The van der Waals surface area contributed by atoms with Crippen LogP contribution in [-0.4, -0.2) is 38.7 Å². The second-order valence-corrected chi connectivity index (χ2v) is 6.41. The van der Waals surface area contributed by atoms with E-state index in [2.05, 4.69) is 23.2 Å². The van der Waals surface area contributed by atoms with Crippen LogP contribution >= 0.6 is 11.3 Å². The normalized spacial score (nSPS) is 16.4. The highest BCUT2D eigenvalue weighted by Crippen LogP contribution is 2.28. The molecule has 0 aliphatic carbocycles. The summed E-state index contributed by atoms with van der Waals surface area (Å²) in [5.74, 6) is 1.64. The van der Waals surface area contributed by atoms with E-state index in [0.717, 1.165) is 43.1 Å². The lowest BCUT2D eigenvalue weighted by Crippen LogP contribution is -2.38. The molecule has 1 aliphatic heterocycles. The van der Waals surface area contributed by atoms with Crippen molar-refractivity contribution in [2.75, 3.05) is 13.1 Å². The Bertz CT molecular complexity index is 625. The number of thiophene rings is 1. The Balaban J connectivity index is 1.66. The highest BCUT2D eigenvalue weighted by molar-refractivity contribution is 7.12. The van der Waals surface area contributed by atoms with Crippen LogP contribution in [0.4, 0.5) is 0 Å². The minimum Gasteiger partial charge on any atom is -0.338 e. The van der Waals surface area contributed by atoms with Crippen LogP contribution < -0.4 is 0 Å². The molecule has 0 atom stereocenters. The van der Waals surface area contributed by atoms with Crippen LogP contribution in [0.25, 0.3) is 0 Å². The zero-order chi connectivity index (χ0) is 14.8. The number of nitrogens with zero attached hydrogens (tertiary/aromatic N) is 4. The Morgan fingerprint density at radius 1 is 1.43 bits per heavy atom. The number of amides is 1. The first kappa shape index (κ1) is 14.3. The van der Waals surface area contributed by atoms with Crippen molar-refractivity contribution in [1.82, 2.24) is 19.7 Å². The van der Waals surface area contributed by atoms with Gasteiger partial charge in [-0.15, -0.1) is 21.5 Å². The molecule has 0 saturated carbocycles. The fourth-order valence-corrected chi connectivity index (χ4v) is 3.91. The maximum atomic E-state index is 12.6. The molecule has 0 N–H and O–H groups in total. The molecule has 0 aromatic carbocycles. The average molecular weight is 304 g/mol. The van der Waals surface area contributed by atoms with Gasteiger partial charge in [0.25, 0.3) is 5.91 Å². The number of hydrogen-bond donors (Lipinski definition) is 0. The summed E-state index contributed by atoms with van der Waals surface area (Å²) >= 11 is 1.56. The van der Waals surface area contributed by atoms with Crippen molar-refractivity contribution in [3.8, 4) is 0 Å². The Kier molecular flexibility index (Phi) is 4.05. The molecule has 0 bridgehead atoms. The Labute approximate surface area is 128 Å². The zero-order valence-electron chi connectivity index (χ0n) is 12.5. The molecule has 1 saturated heterocycles. The lowest BCUT2D eigenvalue weighted by Gasteiger charge is -2.31. The number of aryl methyl sites for hydroxylation is 2. The van der Waals surface area contributed by atoms with Gasteiger partial charge >= 0.3 is 0 Å². The molecule has 3 rings (SSSR count). The summed E-state index contributed by atoms with van der Waals surface area (Å²) in [6, 6.07) is 2.06.